The van der Waals surface area contributed by atoms with Gasteiger partial charge in [-0.1, -0.05) is 6.92 Å². The molecule has 2 aliphatic heterocycles. The molecule has 20 heavy (non-hydrogen) atoms. The molecule has 1 aliphatic carbocycles. The molecule has 3 rings (SSSR count). The van der Waals surface area contributed by atoms with E-state index in [4.69, 9.17) is 0 Å². The molecule has 3 fully saturated rings. The number of carboxylic acid groups (broad SMARTS) is 1. The molecule has 0 aromatic carbocycles. The lowest BCUT2D eigenvalue weighted by Crippen LogP contribution is -2.47. The van der Waals surface area contributed by atoms with E-state index in [1.54, 1.807) is 0 Å². The Balaban J connectivity index is 1.63. The normalized spacial score (nSPS) is 40.2. The maximum absolute atomic E-state index is 11.5. The van der Waals surface area contributed by atoms with Crippen molar-refractivity contribution in [1.29, 1.82) is 0 Å². The molecule has 2 saturated heterocycles. The van der Waals surface area contributed by atoms with Gasteiger partial charge in [-0.25, -0.2) is 0 Å². The topological polar surface area (TPSA) is 43.8 Å². The maximum atomic E-state index is 11.5. The molecule has 4 unspecified atom stereocenters. The van der Waals surface area contributed by atoms with Crippen molar-refractivity contribution in [3.05, 3.63) is 0 Å². The van der Waals surface area contributed by atoms with Crippen molar-refractivity contribution in [2.45, 2.75) is 57.5 Å². The van der Waals surface area contributed by atoms with Crippen molar-refractivity contribution >= 4 is 5.97 Å². The van der Waals surface area contributed by atoms with Crippen LogP contribution in [0.5, 0.6) is 0 Å². The van der Waals surface area contributed by atoms with Crippen LogP contribution in [-0.2, 0) is 4.79 Å². The number of aliphatic carboxylic acids is 1. The predicted molar refractivity (Wildman–Crippen MR) is 78.7 cm³/mol. The van der Waals surface area contributed by atoms with Crippen LogP contribution in [0.2, 0.25) is 0 Å². The summed E-state index contributed by atoms with van der Waals surface area (Å²) in [7, 11) is 0. The van der Waals surface area contributed by atoms with Gasteiger partial charge < -0.3 is 5.11 Å². The number of rotatable bonds is 3. The van der Waals surface area contributed by atoms with Gasteiger partial charge in [0.25, 0.3) is 0 Å². The van der Waals surface area contributed by atoms with E-state index in [0.29, 0.717) is 12.0 Å². The summed E-state index contributed by atoms with van der Waals surface area (Å²) in [6.45, 7) is 6.98. The lowest BCUT2D eigenvalue weighted by atomic mass is 9.78. The molecule has 0 bridgehead atoms. The lowest BCUT2D eigenvalue weighted by molar-refractivity contribution is -0.146. The van der Waals surface area contributed by atoms with Crippen LogP contribution in [0.25, 0.3) is 0 Å². The summed E-state index contributed by atoms with van der Waals surface area (Å²) in [4.78, 5) is 16.7. The summed E-state index contributed by atoms with van der Waals surface area (Å²) >= 11 is 0. The van der Waals surface area contributed by atoms with E-state index in [1.807, 2.05) is 0 Å². The Morgan fingerprint density at radius 2 is 1.80 bits per heavy atom. The quantitative estimate of drug-likeness (QED) is 0.859. The molecule has 0 radical (unpaired) electrons. The van der Waals surface area contributed by atoms with E-state index >= 15 is 0 Å². The number of nitrogens with zero attached hydrogens (tertiary/aromatic N) is 2. The third-order valence-electron chi connectivity index (χ3n) is 5.72. The van der Waals surface area contributed by atoms with Crippen LogP contribution in [0.15, 0.2) is 0 Å². The first-order valence-electron chi connectivity index (χ1n) is 8.36. The second kappa shape index (κ2) is 6.02. The minimum absolute atomic E-state index is 0.136. The zero-order chi connectivity index (χ0) is 14.1. The molecule has 2 heterocycles. The van der Waals surface area contributed by atoms with Gasteiger partial charge in [-0.05, 0) is 57.5 Å². The van der Waals surface area contributed by atoms with Gasteiger partial charge in [0.2, 0.25) is 0 Å². The highest BCUT2D eigenvalue weighted by Crippen LogP contribution is 2.35. The van der Waals surface area contributed by atoms with Crippen LogP contribution >= 0.6 is 0 Å². The van der Waals surface area contributed by atoms with Crippen molar-refractivity contribution in [2.75, 3.05) is 26.2 Å². The fourth-order valence-corrected chi connectivity index (χ4v) is 4.52. The highest BCUT2D eigenvalue weighted by atomic mass is 16.4. The molecule has 0 spiro atoms. The van der Waals surface area contributed by atoms with E-state index in [-0.39, 0.29) is 12.0 Å². The lowest BCUT2D eigenvalue weighted by Gasteiger charge is -2.38. The second-order valence-corrected chi connectivity index (χ2v) is 7.11. The summed E-state index contributed by atoms with van der Waals surface area (Å²) in [5.74, 6) is -0.0310. The molecule has 0 aromatic rings. The van der Waals surface area contributed by atoms with E-state index < -0.39 is 5.97 Å². The number of likely N-dealkylation sites (tertiary alicyclic amines) is 2. The largest absolute Gasteiger partial charge is 0.481 e. The fourth-order valence-electron chi connectivity index (χ4n) is 4.52. The standard InChI is InChI=1S/C16H28N2O2/c1-12-4-5-14(16(19)20)15(10-12)18-9-6-13(11-18)17-7-2-3-8-17/h12-15H,2-11H2,1H3,(H,19,20). The third-order valence-corrected chi connectivity index (χ3v) is 5.72. The SMILES string of the molecule is CC1CCC(C(=O)O)C(N2CCC(N3CCCC3)C2)C1. The molecular weight excluding hydrogens is 252 g/mol. The van der Waals surface area contributed by atoms with Gasteiger partial charge >= 0.3 is 5.97 Å². The van der Waals surface area contributed by atoms with E-state index in [0.717, 1.165) is 32.4 Å². The van der Waals surface area contributed by atoms with E-state index in [1.165, 1.54) is 32.4 Å². The molecule has 1 N–H and O–H groups in total. The van der Waals surface area contributed by atoms with Crippen molar-refractivity contribution < 1.29 is 9.90 Å². The van der Waals surface area contributed by atoms with Crippen LogP contribution in [0.3, 0.4) is 0 Å². The summed E-state index contributed by atoms with van der Waals surface area (Å²) < 4.78 is 0. The third kappa shape index (κ3) is 2.86. The number of hydrogen-bond acceptors (Lipinski definition) is 3. The Hall–Kier alpha value is -0.610. The summed E-state index contributed by atoms with van der Waals surface area (Å²) in [5.41, 5.74) is 0. The van der Waals surface area contributed by atoms with Crippen molar-refractivity contribution in [1.82, 2.24) is 9.80 Å². The molecule has 4 heteroatoms. The van der Waals surface area contributed by atoms with Gasteiger partial charge in [0.15, 0.2) is 0 Å². The van der Waals surface area contributed by atoms with Crippen molar-refractivity contribution in [3.8, 4) is 0 Å². The monoisotopic (exact) mass is 280 g/mol. The molecule has 0 aromatic heterocycles. The first kappa shape index (κ1) is 14.3. The van der Waals surface area contributed by atoms with Crippen LogP contribution in [0.1, 0.15) is 45.4 Å². The maximum Gasteiger partial charge on any atom is 0.308 e. The average molecular weight is 280 g/mol. The number of carboxylic acids is 1. The summed E-state index contributed by atoms with van der Waals surface area (Å²) in [5, 5.41) is 9.50. The highest BCUT2D eigenvalue weighted by molar-refractivity contribution is 5.71. The van der Waals surface area contributed by atoms with Crippen molar-refractivity contribution in [2.24, 2.45) is 11.8 Å². The van der Waals surface area contributed by atoms with Crippen molar-refractivity contribution in [3.63, 3.8) is 0 Å². The Labute approximate surface area is 122 Å². The first-order chi connectivity index (χ1) is 9.65. The first-order valence-corrected chi connectivity index (χ1v) is 8.36. The zero-order valence-corrected chi connectivity index (χ0v) is 12.6. The molecule has 4 nitrogen and oxygen atoms in total. The smallest absolute Gasteiger partial charge is 0.308 e. The minimum Gasteiger partial charge on any atom is -0.481 e. The van der Waals surface area contributed by atoms with Gasteiger partial charge in [-0.3, -0.25) is 14.6 Å². The molecule has 3 aliphatic rings. The Morgan fingerprint density at radius 3 is 2.50 bits per heavy atom. The summed E-state index contributed by atoms with van der Waals surface area (Å²) in [6.07, 6.45) is 6.94. The summed E-state index contributed by atoms with van der Waals surface area (Å²) in [6, 6.07) is 0.966. The molecule has 114 valence electrons. The second-order valence-electron chi connectivity index (χ2n) is 7.11. The van der Waals surface area contributed by atoms with E-state index in [2.05, 4.69) is 16.7 Å². The Morgan fingerprint density at radius 1 is 1.05 bits per heavy atom. The average Bonchev–Trinajstić information content (AvgIpc) is 3.09. The van der Waals surface area contributed by atoms with Gasteiger partial charge in [-0.15, -0.1) is 0 Å². The van der Waals surface area contributed by atoms with Gasteiger partial charge in [0.05, 0.1) is 5.92 Å². The van der Waals surface area contributed by atoms with Gasteiger partial charge in [-0.2, -0.15) is 0 Å². The molecule has 4 atom stereocenters. The Kier molecular flexibility index (Phi) is 4.32. The van der Waals surface area contributed by atoms with Crippen LogP contribution < -0.4 is 0 Å². The zero-order valence-electron chi connectivity index (χ0n) is 12.6. The van der Waals surface area contributed by atoms with Gasteiger partial charge in [0, 0.05) is 25.2 Å². The van der Waals surface area contributed by atoms with Crippen LogP contribution in [0.4, 0.5) is 0 Å². The van der Waals surface area contributed by atoms with Crippen LogP contribution in [-0.4, -0.2) is 59.1 Å². The fraction of sp³-hybridized carbons (Fsp3) is 0.938. The van der Waals surface area contributed by atoms with Gasteiger partial charge in [0.1, 0.15) is 0 Å². The Bertz CT molecular complexity index is 354. The van der Waals surface area contributed by atoms with E-state index in [9.17, 15) is 9.90 Å². The predicted octanol–water partition coefficient (Wildman–Crippen LogP) is 2.05. The number of hydrogen-bond donors (Lipinski definition) is 1. The number of carbonyl (C=O) groups is 1. The molecule has 0 amide bonds. The molecule has 1 saturated carbocycles. The minimum atomic E-state index is -0.577. The van der Waals surface area contributed by atoms with Crippen LogP contribution in [0, 0.1) is 11.8 Å². The molecular formula is C16H28N2O2. The highest BCUT2D eigenvalue weighted by Gasteiger charge is 2.40.